The van der Waals surface area contributed by atoms with Gasteiger partial charge >= 0.3 is 0 Å². The number of ketones is 1. The van der Waals surface area contributed by atoms with Crippen LogP contribution in [-0.4, -0.2) is 48.1 Å². The zero-order chi connectivity index (χ0) is 15.0. The van der Waals surface area contributed by atoms with Gasteiger partial charge in [-0.05, 0) is 55.9 Å². The Morgan fingerprint density at radius 2 is 1.86 bits per heavy atom. The first-order chi connectivity index (χ1) is 9.97. The van der Waals surface area contributed by atoms with E-state index in [1.165, 1.54) is 0 Å². The largest absolute Gasteiger partial charge is 0.497 e. The van der Waals surface area contributed by atoms with E-state index in [1.807, 2.05) is 31.2 Å². The van der Waals surface area contributed by atoms with E-state index in [0.29, 0.717) is 18.4 Å². The molecule has 0 spiro atoms. The Hall–Kier alpha value is -1.39. The normalized spacial score (nSPS) is 32.1. The van der Waals surface area contributed by atoms with Crippen molar-refractivity contribution in [2.75, 3.05) is 26.7 Å². The Bertz CT molecular complexity index is 507. The summed E-state index contributed by atoms with van der Waals surface area (Å²) in [7, 11) is 1.62. The standard InChI is InChI=1S/C17H23NO3/c1-17(20)7-13-9-18(10-14(13)8-17)11-16(19)12-3-5-15(21-2)6-4-12/h3-6,13-14,20H,7-11H2,1-2H3. The summed E-state index contributed by atoms with van der Waals surface area (Å²) in [5.41, 5.74) is 0.237. The fourth-order valence-electron chi connectivity index (χ4n) is 3.91. The van der Waals surface area contributed by atoms with Crippen LogP contribution in [0.3, 0.4) is 0 Å². The molecule has 1 aliphatic carbocycles. The van der Waals surface area contributed by atoms with Crippen LogP contribution in [0.25, 0.3) is 0 Å². The Labute approximate surface area is 125 Å². The van der Waals surface area contributed by atoms with Gasteiger partial charge in [0.05, 0.1) is 19.3 Å². The Morgan fingerprint density at radius 1 is 1.29 bits per heavy atom. The minimum atomic E-state index is -0.499. The number of nitrogens with zero attached hydrogens (tertiary/aromatic N) is 1. The lowest BCUT2D eigenvalue weighted by Crippen LogP contribution is -2.31. The molecule has 1 heterocycles. The zero-order valence-corrected chi connectivity index (χ0v) is 12.7. The van der Waals surface area contributed by atoms with E-state index >= 15 is 0 Å². The highest BCUT2D eigenvalue weighted by Crippen LogP contribution is 2.43. The van der Waals surface area contributed by atoms with Crippen LogP contribution in [0.15, 0.2) is 24.3 Å². The first-order valence-electron chi connectivity index (χ1n) is 7.59. The third-order valence-electron chi connectivity index (χ3n) is 4.84. The molecule has 2 unspecified atom stereocenters. The molecule has 0 radical (unpaired) electrons. The van der Waals surface area contributed by atoms with Crippen molar-refractivity contribution < 1.29 is 14.6 Å². The smallest absolute Gasteiger partial charge is 0.176 e. The average Bonchev–Trinajstić information content (AvgIpc) is 2.91. The summed E-state index contributed by atoms with van der Waals surface area (Å²) < 4.78 is 5.11. The van der Waals surface area contributed by atoms with E-state index in [2.05, 4.69) is 4.90 Å². The van der Waals surface area contributed by atoms with Gasteiger partial charge in [0.2, 0.25) is 0 Å². The number of ether oxygens (including phenoxy) is 1. The summed E-state index contributed by atoms with van der Waals surface area (Å²) in [4.78, 5) is 14.5. The second kappa shape index (κ2) is 5.43. The van der Waals surface area contributed by atoms with Crippen LogP contribution in [0.4, 0.5) is 0 Å². The molecule has 2 atom stereocenters. The van der Waals surface area contributed by atoms with E-state index in [9.17, 15) is 9.90 Å². The third-order valence-corrected chi connectivity index (χ3v) is 4.84. The van der Waals surface area contributed by atoms with Crippen LogP contribution in [0, 0.1) is 11.8 Å². The lowest BCUT2D eigenvalue weighted by Gasteiger charge is -2.21. The van der Waals surface area contributed by atoms with E-state index in [0.717, 1.165) is 37.2 Å². The van der Waals surface area contributed by atoms with Gasteiger partial charge in [-0.1, -0.05) is 0 Å². The van der Waals surface area contributed by atoms with Gasteiger partial charge in [-0.3, -0.25) is 9.69 Å². The van der Waals surface area contributed by atoms with Crippen LogP contribution in [0.1, 0.15) is 30.1 Å². The highest BCUT2D eigenvalue weighted by molar-refractivity contribution is 5.97. The number of rotatable bonds is 4. The lowest BCUT2D eigenvalue weighted by atomic mass is 10.0. The second-order valence-corrected chi connectivity index (χ2v) is 6.77. The average molecular weight is 289 g/mol. The van der Waals surface area contributed by atoms with Crippen LogP contribution >= 0.6 is 0 Å². The summed E-state index contributed by atoms with van der Waals surface area (Å²) in [6, 6.07) is 7.29. The van der Waals surface area contributed by atoms with Crippen molar-refractivity contribution in [2.24, 2.45) is 11.8 Å². The van der Waals surface area contributed by atoms with Crippen molar-refractivity contribution in [2.45, 2.75) is 25.4 Å². The highest BCUT2D eigenvalue weighted by atomic mass is 16.5. The van der Waals surface area contributed by atoms with Gasteiger partial charge < -0.3 is 9.84 Å². The molecular weight excluding hydrogens is 266 g/mol. The Balaban J connectivity index is 1.57. The van der Waals surface area contributed by atoms with E-state index in [-0.39, 0.29) is 5.78 Å². The van der Waals surface area contributed by atoms with Gasteiger partial charge in [-0.15, -0.1) is 0 Å². The molecule has 0 amide bonds. The number of Topliss-reactive ketones (excluding diaryl/α,β-unsaturated/α-hetero) is 1. The summed E-state index contributed by atoms with van der Waals surface area (Å²) in [5.74, 6) is 2.02. The van der Waals surface area contributed by atoms with Crippen molar-refractivity contribution in [1.82, 2.24) is 4.90 Å². The topological polar surface area (TPSA) is 49.8 Å². The quantitative estimate of drug-likeness (QED) is 0.861. The molecule has 1 N–H and O–H groups in total. The molecule has 2 aliphatic rings. The number of hydrogen-bond acceptors (Lipinski definition) is 4. The molecule has 1 saturated heterocycles. The summed E-state index contributed by atoms with van der Waals surface area (Å²) in [5, 5.41) is 10.1. The van der Waals surface area contributed by atoms with Crippen molar-refractivity contribution in [3.63, 3.8) is 0 Å². The van der Waals surface area contributed by atoms with E-state index < -0.39 is 5.60 Å². The SMILES string of the molecule is COc1ccc(C(=O)CN2CC3CC(C)(O)CC3C2)cc1. The maximum Gasteiger partial charge on any atom is 0.176 e. The minimum absolute atomic E-state index is 0.157. The molecule has 21 heavy (non-hydrogen) atoms. The monoisotopic (exact) mass is 289 g/mol. The second-order valence-electron chi connectivity index (χ2n) is 6.77. The number of carbonyl (C=O) groups is 1. The lowest BCUT2D eigenvalue weighted by molar-refractivity contribution is 0.0542. The molecular formula is C17H23NO3. The fraction of sp³-hybridized carbons (Fsp3) is 0.588. The predicted octanol–water partition coefficient (Wildman–Crippen LogP) is 1.97. The van der Waals surface area contributed by atoms with Gasteiger partial charge in [0.25, 0.3) is 0 Å². The molecule has 3 rings (SSSR count). The number of benzene rings is 1. The molecule has 2 fully saturated rings. The van der Waals surface area contributed by atoms with Gasteiger partial charge in [0, 0.05) is 18.7 Å². The van der Waals surface area contributed by atoms with Gasteiger partial charge in [-0.2, -0.15) is 0 Å². The summed E-state index contributed by atoms with van der Waals surface area (Å²) in [6.45, 7) is 4.27. The van der Waals surface area contributed by atoms with Crippen LogP contribution < -0.4 is 4.74 Å². The van der Waals surface area contributed by atoms with E-state index in [1.54, 1.807) is 7.11 Å². The molecule has 4 nitrogen and oxygen atoms in total. The molecule has 1 saturated carbocycles. The maximum atomic E-state index is 12.3. The number of fused-ring (bicyclic) bond motifs is 1. The number of likely N-dealkylation sites (tertiary alicyclic amines) is 1. The maximum absolute atomic E-state index is 12.3. The minimum Gasteiger partial charge on any atom is -0.497 e. The van der Waals surface area contributed by atoms with Gasteiger partial charge in [0.1, 0.15) is 5.75 Å². The first kappa shape index (κ1) is 14.5. The molecule has 0 aromatic heterocycles. The predicted molar refractivity (Wildman–Crippen MR) is 80.6 cm³/mol. The molecule has 1 aliphatic heterocycles. The Kier molecular flexibility index (Phi) is 3.76. The molecule has 114 valence electrons. The number of methoxy groups -OCH3 is 1. The molecule has 4 heteroatoms. The first-order valence-corrected chi connectivity index (χ1v) is 7.59. The van der Waals surface area contributed by atoms with Gasteiger partial charge in [-0.25, -0.2) is 0 Å². The highest BCUT2D eigenvalue weighted by Gasteiger charge is 2.45. The van der Waals surface area contributed by atoms with Crippen molar-refractivity contribution in [3.8, 4) is 5.75 Å². The summed E-state index contributed by atoms with van der Waals surface area (Å²) >= 11 is 0. The zero-order valence-electron chi connectivity index (χ0n) is 12.7. The Morgan fingerprint density at radius 3 is 2.38 bits per heavy atom. The summed E-state index contributed by atoms with van der Waals surface area (Å²) in [6.07, 6.45) is 1.73. The van der Waals surface area contributed by atoms with Crippen LogP contribution in [0.5, 0.6) is 5.75 Å². The number of aliphatic hydroxyl groups is 1. The van der Waals surface area contributed by atoms with Crippen LogP contribution in [0.2, 0.25) is 0 Å². The molecule has 0 bridgehead atoms. The third kappa shape index (κ3) is 3.11. The number of hydrogen-bond donors (Lipinski definition) is 1. The fourth-order valence-corrected chi connectivity index (χ4v) is 3.91. The molecule has 1 aromatic rings. The van der Waals surface area contributed by atoms with E-state index in [4.69, 9.17) is 4.74 Å². The van der Waals surface area contributed by atoms with Crippen molar-refractivity contribution in [3.05, 3.63) is 29.8 Å². The van der Waals surface area contributed by atoms with Crippen molar-refractivity contribution >= 4 is 5.78 Å². The van der Waals surface area contributed by atoms with Crippen molar-refractivity contribution in [1.29, 1.82) is 0 Å². The van der Waals surface area contributed by atoms with Gasteiger partial charge in [0.15, 0.2) is 5.78 Å². The van der Waals surface area contributed by atoms with Crippen LogP contribution in [-0.2, 0) is 0 Å². The molecule has 1 aromatic carbocycles. The number of carbonyl (C=O) groups excluding carboxylic acids is 1.